The Bertz CT molecular complexity index is 3020. The Morgan fingerprint density at radius 1 is 0.320 bits per heavy atom. The van der Waals surface area contributed by atoms with E-state index < -0.39 is 5.41 Å². The van der Waals surface area contributed by atoms with Gasteiger partial charge in [-0.3, -0.25) is 0 Å². The zero-order valence-electron chi connectivity index (χ0n) is 27.2. The Morgan fingerprint density at radius 2 is 0.820 bits per heavy atom. The summed E-state index contributed by atoms with van der Waals surface area (Å²) >= 11 is 0. The summed E-state index contributed by atoms with van der Waals surface area (Å²) in [6, 6.07) is 66.1. The van der Waals surface area contributed by atoms with E-state index in [1.807, 2.05) is 0 Å². The van der Waals surface area contributed by atoms with Gasteiger partial charge in [0.05, 0.1) is 22.1 Å². The van der Waals surface area contributed by atoms with Crippen LogP contribution in [0.2, 0.25) is 0 Å². The fourth-order valence-corrected chi connectivity index (χ4v) is 9.83. The molecule has 0 saturated carbocycles. The zero-order chi connectivity index (χ0) is 32.6. The molecule has 1 aliphatic carbocycles. The third-order valence-electron chi connectivity index (χ3n) is 11.8. The van der Waals surface area contributed by atoms with Gasteiger partial charge in [-0.2, -0.15) is 0 Å². The fraction of sp³-hybridized carbons (Fsp3) is 0.0204. The van der Waals surface area contributed by atoms with Crippen LogP contribution < -0.4 is 0 Å². The van der Waals surface area contributed by atoms with Crippen molar-refractivity contribution in [2.75, 3.05) is 0 Å². The number of rotatable bonds is 1. The van der Waals surface area contributed by atoms with Crippen LogP contribution >= 0.6 is 0 Å². The molecule has 2 aliphatic rings. The molecule has 1 heteroatoms. The second-order valence-corrected chi connectivity index (χ2v) is 14.0. The third-order valence-corrected chi connectivity index (χ3v) is 11.8. The normalized spacial score (nSPS) is 13.8. The molecule has 1 aliphatic heterocycles. The standard InChI is InChI=1S/C49H29N/c1-2-14-34-32(12-1)33-13-3-4-15-35(33)41-28-30(24-26-36(34)41)31-25-27-47-45(29-31)49(42-20-8-5-16-37(42)38-17-6-9-21-43(38)49)44-22-11-19-40-39-18-7-10-23-46(39)50(47)48(40)44/h1-29H. The topological polar surface area (TPSA) is 4.93 Å². The number of hydrogen-bond donors (Lipinski definition) is 0. The Hall–Kier alpha value is -6.44. The molecule has 0 atom stereocenters. The highest BCUT2D eigenvalue weighted by atomic mass is 15.0. The third kappa shape index (κ3) is 3.10. The van der Waals surface area contributed by atoms with E-state index in [-0.39, 0.29) is 0 Å². The van der Waals surface area contributed by atoms with Crippen molar-refractivity contribution in [1.29, 1.82) is 0 Å². The van der Waals surface area contributed by atoms with Crippen molar-refractivity contribution >= 4 is 54.1 Å². The van der Waals surface area contributed by atoms with Crippen LogP contribution in [0.15, 0.2) is 176 Å². The van der Waals surface area contributed by atoms with Crippen LogP contribution in [0.4, 0.5) is 0 Å². The quantitative estimate of drug-likeness (QED) is 0.159. The summed E-state index contributed by atoms with van der Waals surface area (Å²) in [5.41, 5.74) is 13.9. The van der Waals surface area contributed by atoms with Crippen LogP contribution in [-0.2, 0) is 5.41 Å². The Kier molecular flexibility index (Phi) is 4.97. The maximum Gasteiger partial charge on any atom is 0.0754 e. The maximum atomic E-state index is 2.54. The Labute approximate surface area is 289 Å². The van der Waals surface area contributed by atoms with Gasteiger partial charge in [0, 0.05) is 10.8 Å². The first-order valence-corrected chi connectivity index (χ1v) is 17.5. The maximum absolute atomic E-state index is 2.54. The van der Waals surface area contributed by atoms with E-state index in [4.69, 9.17) is 0 Å². The first-order valence-electron chi connectivity index (χ1n) is 17.5. The van der Waals surface area contributed by atoms with E-state index in [1.54, 1.807) is 0 Å². The SMILES string of the molecule is c1ccc2c(c1)-c1ccccc1C21c2cc(-c3ccc4c5ccccc5c5ccccc5c4c3)ccc2-n2c3ccccc3c3cccc1c32. The van der Waals surface area contributed by atoms with Gasteiger partial charge in [0.2, 0.25) is 0 Å². The van der Waals surface area contributed by atoms with Gasteiger partial charge in [0.1, 0.15) is 0 Å². The monoisotopic (exact) mass is 631 g/mol. The molecule has 0 unspecified atom stereocenters. The average molecular weight is 632 g/mol. The zero-order valence-corrected chi connectivity index (χ0v) is 27.2. The molecule has 230 valence electrons. The van der Waals surface area contributed by atoms with Crippen molar-refractivity contribution in [1.82, 2.24) is 4.57 Å². The molecule has 0 N–H and O–H groups in total. The largest absolute Gasteiger partial charge is 0.309 e. The van der Waals surface area contributed by atoms with Gasteiger partial charge >= 0.3 is 0 Å². The van der Waals surface area contributed by atoms with Crippen LogP contribution in [0, 0.1) is 0 Å². The van der Waals surface area contributed by atoms with Gasteiger partial charge in [-0.15, -0.1) is 0 Å². The molecule has 0 amide bonds. The molecule has 1 aromatic heterocycles. The van der Waals surface area contributed by atoms with E-state index >= 15 is 0 Å². The molecule has 0 bridgehead atoms. The smallest absolute Gasteiger partial charge is 0.0754 e. The second kappa shape index (κ2) is 9.37. The molecule has 50 heavy (non-hydrogen) atoms. The number of aromatic nitrogens is 1. The van der Waals surface area contributed by atoms with E-state index in [0.717, 1.165) is 0 Å². The number of nitrogens with zero attached hydrogens (tertiary/aromatic N) is 1. The number of hydrogen-bond acceptors (Lipinski definition) is 0. The summed E-state index contributed by atoms with van der Waals surface area (Å²) in [4.78, 5) is 0. The van der Waals surface area contributed by atoms with Crippen LogP contribution in [0.5, 0.6) is 0 Å². The average Bonchev–Trinajstić information content (AvgIpc) is 3.68. The van der Waals surface area contributed by atoms with Crippen molar-refractivity contribution in [3.63, 3.8) is 0 Å². The van der Waals surface area contributed by atoms with Gasteiger partial charge in [0.25, 0.3) is 0 Å². The number of benzene rings is 9. The summed E-state index contributed by atoms with van der Waals surface area (Å²) in [6.45, 7) is 0. The fourth-order valence-electron chi connectivity index (χ4n) is 9.83. The van der Waals surface area contributed by atoms with Gasteiger partial charge in [-0.1, -0.05) is 152 Å². The molecule has 0 radical (unpaired) electrons. The molecular weight excluding hydrogens is 603 g/mol. The first kappa shape index (κ1) is 26.5. The van der Waals surface area contributed by atoms with Crippen LogP contribution in [0.3, 0.4) is 0 Å². The molecule has 0 saturated heterocycles. The highest BCUT2D eigenvalue weighted by molar-refractivity contribution is 6.25. The Morgan fingerprint density at radius 3 is 1.52 bits per heavy atom. The molecule has 10 aromatic rings. The molecule has 2 heterocycles. The van der Waals surface area contributed by atoms with Crippen molar-refractivity contribution in [2.45, 2.75) is 5.41 Å². The summed E-state index contributed by atoms with van der Waals surface area (Å²) in [5.74, 6) is 0. The Balaban J connectivity index is 1.22. The molecule has 9 aromatic carbocycles. The molecule has 0 fully saturated rings. The lowest BCUT2D eigenvalue weighted by atomic mass is 9.65. The lowest BCUT2D eigenvalue weighted by Crippen LogP contribution is -2.33. The summed E-state index contributed by atoms with van der Waals surface area (Å²) in [5, 5.41) is 10.4. The lowest BCUT2D eigenvalue weighted by Gasteiger charge is -2.40. The van der Waals surface area contributed by atoms with Crippen LogP contribution in [0.1, 0.15) is 22.3 Å². The van der Waals surface area contributed by atoms with E-state index in [9.17, 15) is 0 Å². The minimum absolute atomic E-state index is 0.456. The second-order valence-electron chi connectivity index (χ2n) is 14.0. The predicted molar refractivity (Wildman–Crippen MR) is 210 cm³/mol. The van der Waals surface area contributed by atoms with E-state index in [0.29, 0.717) is 0 Å². The predicted octanol–water partition coefficient (Wildman–Crippen LogP) is 12.6. The van der Waals surface area contributed by atoms with Crippen LogP contribution in [-0.4, -0.2) is 4.57 Å². The highest BCUT2D eigenvalue weighted by Gasteiger charge is 2.50. The highest BCUT2D eigenvalue weighted by Crippen LogP contribution is 2.61. The van der Waals surface area contributed by atoms with Crippen molar-refractivity contribution in [3.8, 4) is 27.9 Å². The first-order chi connectivity index (χ1) is 24.8. The van der Waals surface area contributed by atoms with Crippen molar-refractivity contribution < 1.29 is 0 Å². The molecular formula is C49H29N. The minimum Gasteiger partial charge on any atom is -0.309 e. The number of fused-ring (bicyclic) bond motifs is 18. The summed E-state index contributed by atoms with van der Waals surface area (Å²) < 4.78 is 2.54. The van der Waals surface area contributed by atoms with Crippen LogP contribution in [0.25, 0.3) is 82.1 Å². The van der Waals surface area contributed by atoms with Crippen molar-refractivity contribution in [3.05, 3.63) is 198 Å². The van der Waals surface area contributed by atoms with Gasteiger partial charge in [0.15, 0.2) is 0 Å². The lowest BCUT2D eigenvalue weighted by molar-refractivity contribution is 0.749. The van der Waals surface area contributed by atoms with Crippen molar-refractivity contribution in [2.24, 2.45) is 0 Å². The molecule has 1 spiro atoms. The van der Waals surface area contributed by atoms with E-state index in [2.05, 4.69) is 180 Å². The number of para-hydroxylation sites is 2. The minimum atomic E-state index is -0.456. The molecule has 12 rings (SSSR count). The summed E-state index contributed by atoms with van der Waals surface area (Å²) in [6.07, 6.45) is 0. The van der Waals surface area contributed by atoms with Gasteiger partial charge in [-0.05, 0) is 101 Å². The van der Waals surface area contributed by atoms with Gasteiger partial charge < -0.3 is 4.57 Å². The summed E-state index contributed by atoms with van der Waals surface area (Å²) in [7, 11) is 0. The van der Waals surface area contributed by atoms with Gasteiger partial charge in [-0.25, -0.2) is 0 Å². The molecule has 1 nitrogen and oxygen atoms in total. The van der Waals surface area contributed by atoms with E-state index in [1.165, 1.54) is 104 Å².